The van der Waals surface area contributed by atoms with Gasteiger partial charge in [-0.15, -0.1) is 0 Å². The van der Waals surface area contributed by atoms with E-state index in [1.807, 2.05) is 0 Å². The summed E-state index contributed by atoms with van der Waals surface area (Å²) in [5.41, 5.74) is 0. The fraction of sp³-hybridized carbons (Fsp3) is 1.00. The molecule has 0 amide bonds. The van der Waals surface area contributed by atoms with Crippen LogP contribution in [0.1, 0.15) is 19.3 Å². The minimum Gasteiger partial charge on any atom is -0.383 e. The predicted octanol–water partition coefficient (Wildman–Crippen LogP) is 2.94. The highest BCUT2D eigenvalue weighted by atomic mass is 31.2. The Hall–Kier alpha value is 0.140. The fourth-order valence-corrected chi connectivity index (χ4v) is 3.37. The normalized spacial score (nSPS) is 12.8. The Balaban J connectivity index is 4.07. The van der Waals surface area contributed by atoms with Crippen LogP contribution in [-0.4, -0.2) is 79.9 Å². The van der Waals surface area contributed by atoms with Crippen molar-refractivity contribution in [1.29, 1.82) is 0 Å². The van der Waals surface area contributed by atoms with Crippen molar-refractivity contribution in [2.45, 2.75) is 19.3 Å². The molecule has 0 saturated carbocycles. The molecule has 0 aromatic carbocycles. The van der Waals surface area contributed by atoms with Crippen molar-refractivity contribution in [3.63, 3.8) is 0 Å². The van der Waals surface area contributed by atoms with E-state index in [1.165, 1.54) is 28.4 Å². The van der Waals surface area contributed by atoms with Crippen LogP contribution in [0.3, 0.4) is 0 Å². The standard InChI is InChI=1S/C14H33NO9P2/c1-18-13-10-15(11-14-24-26(17,21-4)22-5)9-7-6-8-12-23-25(16,19-2)20-3/h6-14H2,1-5H3. The molecular weight excluding hydrogens is 388 g/mol. The van der Waals surface area contributed by atoms with Gasteiger partial charge in [0.1, 0.15) is 0 Å². The van der Waals surface area contributed by atoms with E-state index in [-0.39, 0.29) is 6.61 Å². The molecule has 0 aromatic rings. The molecule has 0 aromatic heterocycles. The lowest BCUT2D eigenvalue weighted by Crippen LogP contribution is -2.31. The number of phosphoric acid groups is 2. The molecule has 10 nitrogen and oxygen atoms in total. The Kier molecular flexibility index (Phi) is 15.2. The lowest BCUT2D eigenvalue weighted by molar-refractivity contribution is 0.111. The maximum absolute atomic E-state index is 11.8. The second-order valence-corrected chi connectivity index (χ2v) is 8.95. The summed E-state index contributed by atoms with van der Waals surface area (Å²) >= 11 is 0. The zero-order chi connectivity index (χ0) is 19.9. The van der Waals surface area contributed by atoms with Gasteiger partial charge in [-0.05, 0) is 25.8 Å². The number of unbranched alkanes of at least 4 members (excludes halogenated alkanes) is 2. The summed E-state index contributed by atoms with van der Waals surface area (Å²) < 4.78 is 57.8. The molecule has 0 unspecified atom stereocenters. The van der Waals surface area contributed by atoms with Crippen LogP contribution in [0.5, 0.6) is 0 Å². The lowest BCUT2D eigenvalue weighted by Gasteiger charge is -2.22. The summed E-state index contributed by atoms with van der Waals surface area (Å²) in [5.74, 6) is 0. The van der Waals surface area contributed by atoms with Crippen molar-refractivity contribution in [3.05, 3.63) is 0 Å². The van der Waals surface area contributed by atoms with Crippen LogP contribution >= 0.6 is 15.6 Å². The summed E-state index contributed by atoms with van der Waals surface area (Å²) in [5, 5.41) is 0. The van der Waals surface area contributed by atoms with E-state index in [9.17, 15) is 9.13 Å². The third-order valence-electron chi connectivity index (χ3n) is 3.53. The van der Waals surface area contributed by atoms with Crippen LogP contribution in [0, 0.1) is 0 Å². The first-order chi connectivity index (χ1) is 12.4. The molecule has 0 N–H and O–H groups in total. The monoisotopic (exact) mass is 421 g/mol. The van der Waals surface area contributed by atoms with Gasteiger partial charge in [-0.25, -0.2) is 9.13 Å². The molecule has 0 saturated heterocycles. The number of rotatable bonds is 18. The first kappa shape index (κ1) is 26.1. The summed E-state index contributed by atoms with van der Waals surface area (Å²) in [7, 11) is -0.0811. The minimum atomic E-state index is -3.45. The van der Waals surface area contributed by atoms with Crippen LogP contribution in [0.2, 0.25) is 0 Å². The van der Waals surface area contributed by atoms with Crippen molar-refractivity contribution in [1.82, 2.24) is 4.90 Å². The maximum Gasteiger partial charge on any atom is 0.474 e. The van der Waals surface area contributed by atoms with Crippen molar-refractivity contribution >= 4 is 15.6 Å². The molecule has 0 aliphatic carbocycles. The Morgan fingerprint density at radius 3 is 1.62 bits per heavy atom. The predicted molar refractivity (Wildman–Crippen MR) is 97.3 cm³/mol. The number of phosphoric ester groups is 2. The van der Waals surface area contributed by atoms with E-state index in [2.05, 4.69) is 4.90 Å². The molecule has 0 fully saturated rings. The van der Waals surface area contributed by atoms with Gasteiger partial charge in [0.25, 0.3) is 0 Å². The van der Waals surface area contributed by atoms with E-state index < -0.39 is 15.6 Å². The van der Waals surface area contributed by atoms with Gasteiger partial charge in [0.15, 0.2) is 0 Å². The first-order valence-corrected chi connectivity index (χ1v) is 11.2. The quantitative estimate of drug-likeness (QED) is 0.242. The van der Waals surface area contributed by atoms with Gasteiger partial charge < -0.3 is 4.74 Å². The zero-order valence-electron chi connectivity index (χ0n) is 16.4. The van der Waals surface area contributed by atoms with Crippen LogP contribution in [-0.2, 0) is 41.0 Å². The Morgan fingerprint density at radius 1 is 0.615 bits per heavy atom. The molecule has 0 spiro atoms. The zero-order valence-corrected chi connectivity index (χ0v) is 18.2. The summed E-state index contributed by atoms with van der Waals surface area (Å²) in [4.78, 5) is 2.13. The van der Waals surface area contributed by atoms with E-state index in [1.54, 1.807) is 7.11 Å². The van der Waals surface area contributed by atoms with Gasteiger partial charge in [0, 0.05) is 48.6 Å². The third-order valence-corrected chi connectivity index (χ3v) is 6.32. The topological polar surface area (TPSA) is 102 Å². The van der Waals surface area contributed by atoms with E-state index >= 15 is 0 Å². The highest BCUT2D eigenvalue weighted by Gasteiger charge is 2.23. The van der Waals surface area contributed by atoms with E-state index in [0.717, 1.165) is 32.4 Å². The smallest absolute Gasteiger partial charge is 0.383 e. The minimum absolute atomic E-state index is 0.219. The fourth-order valence-electron chi connectivity index (χ4n) is 1.99. The second kappa shape index (κ2) is 15.1. The van der Waals surface area contributed by atoms with Crippen molar-refractivity contribution in [2.24, 2.45) is 0 Å². The molecule has 0 bridgehead atoms. The van der Waals surface area contributed by atoms with Gasteiger partial charge >= 0.3 is 15.6 Å². The number of hydrogen-bond acceptors (Lipinski definition) is 10. The molecule has 0 aliphatic rings. The second-order valence-electron chi connectivity index (χ2n) is 5.19. The van der Waals surface area contributed by atoms with Gasteiger partial charge in [-0.1, -0.05) is 0 Å². The van der Waals surface area contributed by atoms with Crippen molar-refractivity contribution in [3.8, 4) is 0 Å². The molecule has 0 rings (SSSR count). The molecule has 0 aliphatic heterocycles. The number of ether oxygens (including phenoxy) is 1. The first-order valence-electron chi connectivity index (χ1n) is 8.32. The van der Waals surface area contributed by atoms with Crippen molar-refractivity contribution < 1.29 is 41.0 Å². The SMILES string of the molecule is COCCN(CCCCCOP(=O)(OC)OC)CCOP(=O)(OC)OC. The summed E-state index contributed by atoms with van der Waals surface area (Å²) in [6.45, 7) is 3.20. The van der Waals surface area contributed by atoms with Gasteiger partial charge in [0.2, 0.25) is 0 Å². The average Bonchev–Trinajstić information content (AvgIpc) is 2.67. The number of methoxy groups -OCH3 is 1. The molecule has 158 valence electrons. The third kappa shape index (κ3) is 11.8. The summed E-state index contributed by atoms with van der Waals surface area (Å²) in [6, 6.07) is 0. The number of nitrogens with zero attached hydrogens (tertiary/aromatic N) is 1. The van der Waals surface area contributed by atoms with Crippen LogP contribution < -0.4 is 0 Å². The Morgan fingerprint density at radius 2 is 1.12 bits per heavy atom. The van der Waals surface area contributed by atoms with Crippen LogP contribution in [0.15, 0.2) is 0 Å². The van der Waals surface area contributed by atoms with Crippen molar-refractivity contribution in [2.75, 3.05) is 75.0 Å². The molecular formula is C14H33NO9P2. The van der Waals surface area contributed by atoms with Gasteiger partial charge in [-0.3, -0.25) is 32.0 Å². The average molecular weight is 421 g/mol. The summed E-state index contributed by atoms with van der Waals surface area (Å²) in [6.07, 6.45) is 2.52. The van der Waals surface area contributed by atoms with E-state index in [4.69, 9.17) is 31.9 Å². The van der Waals surface area contributed by atoms with Crippen LogP contribution in [0.4, 0.5) is 0 Å². The highest BCUT2D eigenvalue weighted by molar-refractivity contribution is 7.48. The molecule has 0 heterocycles. The molecule has 12 heteroatoms. The highest BCUT2D eigenvalue weighted by Crippen LogP contribution is 2.48. The van der Waals surface area contributed by atoms with Gasteiger partial charge in [0.05, 0.1) is 19.8 Å². The largest absolute Gasteiger partial charge is 0.474 e. The molecule has 0 atom stereocenters. The lowest BCUT2D eigenvalue weighted by atomic mass is 10.2. The Labute approximate surface area is 156 Å². The molecule has 26 heavy (non-hydrogen) atoms. The van der Waals surface area contributed by atoms with Gasteiger partial charge in [-0.2, -0.15) is 0 Å². The van der Waals surface area contributed by atoms with E-state index in [0.29, 0.717) is 19.8 Å². The molecule has 0 radical (unpaired) electrons. The Bertz CT molecular complexity index is 423. The maximum atomic E-state index is 11.8. The number of hydrogen-bond donors (Lipinski definition) is 0. The van der Waals surface area contributed by atoms with Crippen LogP contribution in [0.25, 0.3) is 0 Å².